The first-order valence-corrected chi connectivity index (χ1v) is 11.7. The fourth-order valence-corrected chi connectivity index (χ4v) is 5.32. The molecule has 0 atom stereocenters. The van der Waals surface area contributed by atoms with Crippen molar-refractivity contribution in [1.82, 2.24) is 9.29 Å². The minimum Gasteiger partial charge on any atom is -0.323 e. The lowest BCUT2D eigenvalue weighted by Crippen LogP contribution is -2.38. The lowest BCUT2D eigenvalue weighted by atomic mass is 9.96. The van der Waals surface area contributed by atoms with Gasteiger partial charge in [-0.15, -0.1) is 11.3 Å². The number of anilines is 1. The van der Waals surface area contributed by atoms with Crippen LogP contribution >= 0.6 is 11.3 Å². The molecule has 8 heteroatoms. The molecule has 1 fully saturated rings. The van der Waals surface area contributed by atoms with Gasteiger partial charge in [0.15, 0.2) is 0 Å². The monoisotopic (exact) mass is 419 g/mol. The second-order valence-electron chi connectivity index (χ2n) is 6.95. The number of carbonyl (C=O) groups excluding carboxylic acids is 1. The SMILES string of the molecule is Cc1nc(/C=C/C(=O)Nc2ccc(S(=O)(=O)N(C)C3CCCCC3)cc2)cs1. The van der Waals surface area contributed by atoms with E-state index in [0.29, 0.717) is 5.69 Å². The summed E-state index contributed by atoms with van der Waals surface area (Å²) in [7, 11) is -1.87. The Morgan fingerprint density at radius 2 is 1.89 bits per heavy atom. The number of rotatable bonds is 6. The Labute approximate surface area is 170 Å². The van der Waals surface area contributed by atoms with Crippen LogP contribution in [0.5, 0.6) is 0 Å². The highest BCUT2D eigenvalue weighted by Gasteiger charge is 2.28. The average molecular weight is 420 g/mol. The van der Waals surface area contributed by atoms with Crippen molar-refractivity contribution in [3.8, 4) is 0 Å². The number of nitrogens with zero attached hydrogens (tertiary/aromatic N) is 2. The summed E-state index contributed by atoms with van der Waals surface area (Å²) in [4.78, 5) is 16.5. The second kappa shape index (κ2) is 8.98. The maximum absolute atomic E-state index is 12.8. The van der Waals surface area contributed by atoms with E-state index in [4.69, 9.17) is 0 Å². The first kappa shape index (κ1) is 20.7. The lowest BCUT2D eigenvalue weighted by molar-refractivity contribution is -0.111. The van der Waals surface area contributed by atoms with E-state index in [1.165, 1.54) is 40.3 Å². The summed E-state index contributed by atoms with van der Waals surface area (Å²) in [6.07, 6.45) is 8.21. The van der Waals surface area contributed by atoms with E-state index in [-0.39, 0.29) is 16.8 Å². The molecule has 28 heavy (non-hydrogen) atoms. The summed E-state index contributed by atoms with van der Waals surface area (Å²) in [5, 5.41) is 5.55. The number of aromatic nitrogens is 1. The summed E-state index contributed by atoms with van der Waals surface area (Å²) >= 11 is 1.52. The van der Waals surface area contributed by atoms with Crippen LogP contribution in [0.3, 0.4) is 0 Å². The average Bonchev–Trinajstić information content (AvgIpc) is 3.12. The molecule has 0 bridgehead atoms. The quantitative estimate of drug-likeness (QED) is 0.716. The Balaban J connectivity index is 1.63. The molecule has 1 aromatic carbocycles. The number of thiazole rings is 1. The molecule has 1 saturated carbocycles. The van der Waals surface area contributed by atoms with Crippen LogP contribution in [0.15, 0.2) is 40.6 Å². The Morgan fingerprint density at radius 1 is 1.21 bits per heavy atom. The van der Waals surface area contributed by atoms with E-state index in [1.807, 2.05) is 12.3 Å². The van der Waals surface area contributed by atoms with Gasteiger partial charge in [-0.25, -0.2) is 13.4 Å². The van der Waals surface area contributed by atoms with Gasteiger partial charge in [0.25, 0.3) is 0 Å². The summed E-state index contributed by atoms with van der Waals surface area (Å²) in [6, 6.07) is 6.37. The Morgan fingerprint density at radius 3 is 2.50 bits per heavy atom. The topological polar surface area (TPSA) is 79.4 Å². The Hall–Kier alpha value is -2.03. The van der Waals surface area contributed by atoms with Crippen LogP contribution in [0.25, 0.3) is 6.08 Å². The predicted molar refractivity (Wildman–Crippen MR) is 113 cm³/mol. The zero-order chi connectivity index (χ0) is 20.1. The number of hydrogen-bond donors (Lipinski definition) is 1. The standard InChI is InChI=1S/C20H25N3O3S2/c1-15-21-17(14-27-15)10-13-20(24)22-16-8-11-19(12-9-16)28(25,26)23(2)18-6-4-3-5-7-18/h8-14,18H,3-7H2,1-2H3,(H,22,24)/b13-10+. The number of carbonyl (C=O) groups is 1. The fourth-order valence-electron chi connectivity index (χ4n) is 3.32. The first-order valence-electron chi connectivity index (χ1n) is 9.35. The van der Waals surface area contributed by atoms with Crippen LogP contribution in [-0.4, -0.2) is 36.7 Å². The van der Waals surface area contributed by atoms with Crippen molar-refractivity contribution < 1.29 is 13.2 Å². The van der Waals surface area contributed by atoms with Crippen LogP contribution in [0, 0.1) is 6.92 Å². The number of sulfonamides is 1. The molecule has 1 amide bonds. The molecule has 1 aliphatic rings. The molecule has 150 valence electrons. The molecule has 1 N–H and O–H groups in total. The van der Waals surface area contributed by atoms with E-state index in [9.17, 15) is 13.2 Å². The molecule has 0 unspecified atom stereocenters. The molecule has 1 heterocycles. The number of nitrogens with one attached hydrogen (secondary N) is 1. The predicted octanol–water partition coefficient (Wildman–Crippen LogP) is 4.06. The number of hydrogen-bond acceptors (Lipinski definition) is 5. The molecule has 0 aliphatic heterocycles. The molecular formula is C20H25N3O3S2. The van der Waals surface area contributed by atoms with Crippen molar-refractivity contribution >= 4 is 39.0 Å². The van der Waals surface area contributed by atoms with Crippen LogP contribution < -0.4 is 5.32 Å². The Bertz CT molecular complexity index is 943. The zero-order valence-corrected chi connectivity index (χ0v) is 17.7. The summed E-state index contributed by atoms with van der Waals surface area (Å²) in [5.74, 6) is -0.291. The normalized spacial score (nSPS) is 16.0. The number of aryl methyl sites for hydroxylation is 1. The van der Waals surface area contributed by atoms with Crippen LogP contribution in [0.4, 0.5) is 5.69 Å². The third-order valence-electron chi connectivity index (χ3n) is 4.93. The third kappa shape index (κ3) is 5.06. The van der Waals surface area contributed by atoms with Crippen molar-refractivity contribution in [3.05, 3.63) is 46.4 Å². The van der Waals surface area contributed by atoms with Crippen molar-refractivity contribution in [2.75, 3.05) is 12.4 Å². The van der Waals surface area contributed by atoms with Gasteiger partial charge in [-0.2, -0.15) is 4.31 Å². The molecule has 0 radical (unpaired) electrons. The first-order chi connectivity index (χ1) is 13.4. The van der Waals surface area contributed by atoms with Crippen LogP contribution in [0.1, 0.15) is 42.8 Å². The molecule has 6 nitrogen and oxygen atoms in total. The van der Waals surface area contributed by atoms with Gasteiger partial charge in [0.2, 0.25) is 15.9 Å². The maximum atomic E-state index is 12.8. The summed E-state index contributed by atoms with van der Waals surface area (Å²) in [6.45, 7) is 1.91. The highest BCUT2D eigenvalue weighted by atomic mass is 32.2. The van der Waals surface area contributed by atoms with E-state index in [0.717, 1.165) is 36.4 Å². The van der Waals surface area contributed by atoms with Crippen molar-refractivity contribution in [2.45, 2.75) is 50.0 Å². The Kier molecular flexibility index (Phi) is 6.64. The van der Waals surface area contributed by atoms with Gasteiger partial charge in [-0.05, 0) is 50.1 Å². The van der Waals surface area contributed by atoms with Crippen LogP contribution in [0.2, 0.25) is 0 Å². The van der Waals surface area contributed by atoms with Crippen molar-refractivity contribution in [3.63, 3.8) is 0 Å². The third-order valence-corrected chi connectivity index (χ3v) is 7.65. The smallest absolute Gasteiger partial charge is 0.248 e. The van der Waals surface area contributed by atoms with E-state index in [1.54, 1.807) is 25.3 Å². The fraction of sp³-hybridized carbons (Fsp3) is 0.400. The number of amides is 1. The molecule has 2 aromatic rings. The van der Waals surface area contributed by atoms with Crippen LogP contribution in [-0.2, 0) is 14.8 Å². The van der Waals surface area contributed by atoms with Crippen molar-refractivity contribution in [1.29, 1.82) is 0 Å². The molecule has 0 saturated heterocycles. The minimum absolute atomic E-state index is 0.0672. The van der Waals surface area contributed by atoms with E-state index in [2.05, 4.69) is 10.3 Å². The molecular weight excluding hydrogens is 394 g/mol. The van der Waals surface area contributed by atoms with Gasteiger partial charge >= 0.3 is 0 Å². The molecule has 1 aliphatic carbocycles. The van der Waals surface area contributed by atoms with Gasteiger partial charge in [0.05, 0.1) is 15.6 Å². The molecule has 3 rings (SSSR count). The van der Waals surface area contributed by atoms with E-state index < -0.39 is 10.0 Å². The highest BCUT2D eigenvalue weighted by Crippen LogP contribution is 2.27. The molecule has 1 aromatic heterocycles. The summed E-state index contributed by atoms with van der Waals surface area (Å²) in [5.41, 5.74) is 1.29. The maximum Gasteiger partial charge on any atom is 0.248 e. The lowest BCUT2D eigenvalue weighted by Gasteiger charge is -2.30. The summed E-state index contributed by atoms with van der Waals surface area (Å²) < 4.78 is 27.2. The number of benzene rings is 1. The van der Waals surface area contributed by atoms with E-state index >= 15 is 0 Å². The van der Waals surface area contributed by atoms with Gasteiger partial charge in [-0.3, -0.25) is 4.79 Å². The zero-order valence-electron chi connectivity index (χ0n) is 16.1. The largest absolute Gasteiger partial charge is 0.323 e. The minimum atomic E-state index is -3.53. The van der Waals surface area contributed by atoms with Crippen molar-refractivity contribution in [2.24, 2.45) is 0 Å². The van der Waals surface area contributed by atoms with Gasteiger partial charge < -0.3 is 5.32 Å². The van der Waals surface area contributed by atoms with Gasteiger partial charge in [-0.1, -0.05) is 19.3 Å². The second-order valence-corrected chi connectivity index (χ2v) is 10.0. The van der Waals surface area contributed by atoms with Gasteiger partial charge in [0, 0.05) is 30.2 Å². The molecule has 0 spiro atoms. The van der Waals surface area contributed by atoms with Gasteiger partial charge in [0.1, 0.15) is 0 Å². The highest BCUT2D eigenvalue weighted by molar-refractivity contribution is 7.89.